The Morgan fingerprint density at radius 1 is 0.955 bits per heavy atom. The Bertz CT molecular complexity index is 896. The van der Waals surface area contributed by atoms with E-state index in [4.69, 9.17) is 0 Å². The van der Waals surface area contributed by atoms with Crippen LogP contribution in [0.15, 0.2) is 42.5 Å². The quantitative estimate of drug-likeness (QED) is 0.682. The number of carboxylic acids is 2. The average Bonchev–Trinajstić information content (AvgIpc) is 2.87. The van der Waals surface area contributed by atoms with E-state index in [0.717, 1.165) is 0 Å². The van der Waals surface area contributed by atoms with Gasteiger partial charge in [0.05, 0.1) is 5.52 Å². The van der Waals surface area contributed by atoms with Gasteiger partial charge in [-0.25, -0.2) is 14.6 Å². The van der Waals surface area contributed by atoms with E-state index < -0.39 is 11.9 Å². The number of nitrogens with zero attached hydrogens (tertiary/aromatic N) is 2. The highest BCUT2D eigenvalue weighted by Crippen LogP contribution is 2.26. The molecule has 0 bridgehead atoms. The van der Waals surface area contributed by atoms with Crippen LogP contribution in [-0.2, 0) is 0 Å². The first-order valence-corrected chi connectivity index (χ1v) is 6.26. The molecule has 0 saturated heterocycles. The zero-order chi connectivity index (χ0) is 15.9. The largest absolute Gasteiger partial charge is 0.508 e. The van der Waals surface area contributed by atoms with Gasteiger partial charge in [0.2, 0.25) is 0 Å². The van der Waals surface area contributed by atoms with E-state index in [1.807, 2.05) is 0 Å². The minimum Gasteiger partial charge on any atom is -0.508 e. The zero-order valence-corrected chi connectivity index (χ0v) is 11.1. The molecule has 2 heterocycles. The number of phenols is 1. The summed E-state index contributed by atoms with van der Waals surface area (Å²) in [7, 11) is 0. The van der Waals surface area contributed by atoms with Crippen LogP contribution in [0.25, 0.3) is 16.9 Å². The molecule has 0 aliphatic heterocycles. The van der Waals surface area contributed by atoms with Crippen molar-refractivity contribution in [2.75, 3.05) is 0 Å². The summed E-state index contributed by atoms with van der Waals surface area (Å²) < 4.78 is 1.28. The molecule has 7 nitrogen and oxygen atoms in total. The molecule has 22 heavy (non-hydrogen) atoms. The third-order valence-corrected chi connectivity index (χ3v) is 3.21. The van der Waals surface area contributed by atoms with Crippen molar-refractivity contribution < 1.29 is 24.9 Å². The summed E-state index contributed by atoms with van der Waals surface area (Å²) >= 11 is 0. The normalized spacial score (nSPS) is 10.7. The number of aromatic hydroxyl groups is 1. The van der Waals surface area contributed by atoms with E-state index in [1.54, 1.807) is 0 Å². The maximum atomic E-state index is 11.4. The SMILES string of the molecule is O=C(O)c1nc(-c2ccc(O)cc2)n2c(C(=O)O)cccc12. The number of hydrogen-bond acceptors (Lipinski definition) is 4. The number of carboxylic acid groups (broad SMARTS) is 2. The van der Waals surface area contributed by atoms with Crippen molar-refractivity contribution in [3.05, 3.63) is 53.9 Å². The fourth-order valence-electron chi connectivity index (χ4n) is 2.26. The molecule has 0 aliphatic carbocycles. The molecule has 2 aromatic heterocycles. The minimum atomic E-state index is -1.25. The number of pyridine rings is 1. The van der Waals surface area contributed by atoms with Crippen molar-refractivity contribution >= 4 is 17.5 Å². The molecule has 0 atom stereocenters. The Labute approximate surface area is 123 Å². The Hall–Kier alpha value is -3.35. The summed E-state index contributed by atoms with van der Waals surface area (Å²) in [4.78, 5) is 26.8. The second kappa shape index (κ2) is 4.88. The summed E-state index contributed by atoms with van der Waals surface area (Å²) in [6.45, 7) is 0. The maximum absolute atomic E-state index is 11.4. The van der Waals surface area contributed by atoms with Crippen molar-refractivity contribution in [1.82, 2.24) is 9.38 Å². The zero-order valence-electron chi connectivity index (χ0n) is 11.1. The number of phenolic OH excluding ortho intramolecular Hbond substituents is 1. The van der Waals surface area contributed by atoms with Crippen LogP contribution in [0.4, 0.5) is 0 Å². The van der Waals surface area contributed by atoms with Crippen molar-refractivity contribution in [2.24, 2.45) is 0 Å². The van der Waals surface area contributed by atoms with Crippen LogP contribution in [0.5, 0.6) is 5.75 Å². The number of aromatic nitrogens is 2. The molecule has 0 amide bonds. The summed E-state index contributed by atoms with van der Waals surface area (Å²) in [5.74, 6) is -2.21. The Balaban J connectivity index is 2.40. The van der Waals surface area contributed by atoms with Crippen LogP contribution in [0.3, 0.4) is 0 Å². The third kappa shape index (κ3) is 2.05. The lowest BCUT2D eigenvalue weighted by atomic mass is 10.2. The van der Waals surface area contributed by atoms with Crippen molar-refractivity contribution in [3.63, 3.8) is 0 Å². The molecule has 0 spiro atoms. The first-order valence-electron chi connectivity index (χ1n) is 6.26. The molecule has 0 radical (unpaired) electrons. The van der Waals surface area contributed by atoms with Crippen molar-refractivity contribution in [2.45, 2.75) is 0 Å². The second-order valence-corrected chi connectivity index (χ2v) is 4.57. The predicted molar refractivity (Wildman–Crippen MR) is 76.2 cm³/mol. The summed E-state index contributed by atoms with van der Waals surface area (Å²) in [5.41, 5.74) is 0.358. The number of fused-ring (bicyclic) bond motifs is 1. The Morgan fingerprint density at radius 2 is 1.64 bits per heavy atom. The van der Waals surface area contributed by atoms with Crippen LogP contribution in [0.2, 0.25) is 0 Å². The second-order valence-electron chi connectivity index (χ2n) is 4.57. The van der Waals surface area contributed by atoms with Crippen LogP contribution in [0.1, 0.15) is 21.0 Å². The first-order chi connectivity index (χ1) is 10.5. The average molecular weight is 298 g/mol. The Morgan fingerprint density at radius 3 is 2.23 bits per heavy atom. The van der Waals surface area contributed by atoms with Gasteiger partial charge in [-0.1, -0.05) is 6.07 Å². The van der Waals surface area contributed by atoms with Gasteiger partial charge in [0.25, 0.3) is 0 Å². The third-order valence-electron chi connectivity index (χ3n) is 3.21. The van der Waals surface area contributed by atoms with Crippen molar-refractivity contribution in [3.8, 4) is 17.1 Å². The molecule has 0 fully saturated rings. The molecule has 7 heteroatoms. The maximum Gasteiger partial charge on any atom is 0.356 e. The fraction of sp³-hybridized carbons (Fsp3) is 0. The highest BCUT2D eigenvalue weighted by molar-refractivity contribution is 5.97. The first kappa shape index (κ1) is 13.6. The summed E-state index contributed by atoms with van der Waals surface area (Å²) in [6, 6.07) is 10.2. The lowest BCUT2D eigenvalue weighted by molar-refractivity contribution is 0.0678. The van der Waals surface area contributed by atoms with Gasteiger partial charge in [0.1, 0.15) is 17.3 Å². The number of imidazole rings is 1. The molecule has 1 aromatic carbocycles. The van der Waals surface area contributed by atoms with Gasteiger partial charge in [-0.3, -0.25) is 4.40 Å². The summed E-state index contributed by atoms with van der Waals surface area (Å²) in [5, 5.41) is 27.9. The van der Waals surface area contributed by atoms with E-state index in [0.29, 0.717) is 5.56 Å². The highest BCUT2D eigenvalue weighted by Gasteiger charge is 2.21. The van der Waals surface area contributed by atoms with Crippen LogP contribution in [0, 0.1) is 0 Å². The smallest absolute Gasteiger partial charge is 0.356 e. The molecule has 3 aromatic rings. The van der Waals surface area contributed by atoms with Crippen LogP contribution < -0.4 is 0 Å². The lowest BCUT2D eigenvalue weighted by Gasteiger charge is -2.05. The molecule has 0 aliphatic rings. The van der Waals surface area contributed by atoms with Crippen LogP contribution >= 0.6 is 0 Å². The van der Waals surface area contributed by atoms with Gasteiger partial charge < -0.3 is 15.3 Å². The van der Waals surface area contributed by atoms with Crippen molar-refractivity contribution in [1.29, 1.82) is 0 Å². The number of hydrogen-bond donors (Lipinski definition) is 3. The molecular weight excluding hydrogens is 288 g/mol. The number of benzene rings is 1. The van der Waals surface area contributed by atoms with Gasteiger partial charge in [0, 0.05) is 5.56 Å². The molecule has 3 N–H and O–H groups in total. The highest BCUT2D eigenvalue weighted by atomic mass is 16.4. The van der Waals surface area contributed by atoms with Gasteiger partial charge in [0.15, 0.2) is 5.69 Å². The minimum absolute atomic E-state index is 0.0431. The topological polar surface area (TPSA) is 112 Å². The standard InChI is InChI=1S/C15H10N2O5/c18-9-6-4-8(5-7-9)13-16-12(15(21)22)10-2-1-3-11(14(19)20)17(10)13/h1-7,18H,(H,19,20)(H,21,22). The number of carbonyl (C=O) groups is 2. The molecule has 0 unspecified atom stereocenters. The molecular formula is C15H10N2O5. The molecule has 0 saturated carbocycles. The molecule has 3 rings (SSSR count). The lowest BCUT2D eigenvalue weighted by Crippen LogP contribution is -2.06. The number of aromatic carboxylic acids is 2. The fourth-order valence-corrected chi connectivity index (χ4v) is 2.26. The van der Waals surface area contributed by atoms with Gasteiger partial charge in [-0.05, 0) is 36.4 Å². The van der Waals surface area contributed by atoms with Crippen LogP contribution in [-0.4, -0.2) is 36.6 Å². The molecule has 110 valence electrons. The Kier molecular flexibility index (Phi) is 3.03. The van der Waals surface area contributed by atoms with Gasteiger partial charge >= 0.3 is 11.9 Å². The van der Waals surface area contributed by atoms with Gasteiger partial charge in [-0.15, -0.1) is 0 Å². The predicted octanol–water partition coefficient (Wildman–Crippen LogP) is 2.10. The van der Waals surface area contributed by atoms with E-state index >= 15 is 0 Å². The monoisotopic (exact) mass is 298 g/mol. The van der Waals surface area contributed by atoms with E-state index in [-0.39, 0.29) is 28.5 Å². The van der Waals surface area contributed by atoms with E-state index in [2.05, 4.69) is 4.98 Å². The summed E-state index contributed by atoms with van der Waals surface area (Å²) in [6.07, 6.45) is 0. The number of rotatable bonds is 3. The van der Waals surface area contributed by atoms with E-state index in [1.165, 1.54) is 46.9 Å². The van der Waals surface area contributed by atoms with Gasteiger partial charge in [-0.2, -0.15) is 0 Å². The van der Waals surface area contributed by atoms with E-state index in [9.17, 15) is 24.9 Å².